The number of carbonyl (C=O) groups is 1. The molecule has 2 rings (SSSR count). The van der Waals surface area contributed by atoms with Gasteiger partial charge in [0.25, 0.3) is 5.91 Å². The number of nitrogens with one attached hydrogen (secondary N) is 1. The van der Waals surface area contributed by atoms with Crippen molar-refractivity contribution in [2.75, 3.05) is 0 Å². The summed E-state index contributed by atoms with van der Waals surface area (Å²) in [6, 6.07) is 7.39. The van der Waals surface area contributed by atoms with Crippen LogP contribution in [0.5, 0.6) is 5.75 Å². The normalized spacial score (nSPS) is 12.0. The number of aryl methyl sites for hydroxylation is 1. The highest BCUT2D eigenvalue weighted by Crippen LogP contribution is 2.16. The molecule has 0 aliphatic carbocycles. The molecule has 1 aromatic heterocycles. The lowest BCUT2D eigenvalue weighted by Crippen LogP contribution is -2.31. The number of carbonyl (C=O) groups excluding carboxylic acids is 1. The maximum atomic E-state index is 12.1. The zero-order valence-electron chi connectivity index (χ0n) is 12.6. The fraction of sp³-hybridized carbons (Fsp3) is 0.375. The first-order valence-electron chi connectivity index (χ1n) is 7.03. The van der Waals surface area contributed by atoms with Crippen LogP contribution in [0.4, 0.5) is 0 Å². The van der Waals surface area contributed by atoms with Gasteiger partial charge in [-0.3, -0.25) is 4.79 Å². The number of ether oxygens (including phenoxy) is 1. The summed E-state index contributed by atoms with van der Waals surface area (Å²) in [5.41, 5.74) is 1.52. The molecule has 1 heterocycles. The molecule has 112 valence electrons. The molecule has 0 fully saturated rings. The highest BCUT2D eigenvalue weighted by Gasteiger charge is 2.09. The fourth-order valence-electron chi connectivity index (χ4n) is 1.77. The fourth-order valence-corrected chi connectivity index (χ4v) is 2.37. The monoisotopic (exact) mass is 304 g/mol. The summed E-state index contributed by atoms with van der Waals surface area (Å²) >= 11 is 1.60. The molecule has 1 aromatic carbocycles. The summed E-state index contributed by atoms with van der Waals surface area (Å²) in [5.74, 6) is 0.608. The van der Waals surface area contributed by atoms with Crippen molar-refractivity contribution in [3.63, 3.8) is 0 Å². The van der Waals surface area contributed by atoms with E-state index in [-0.39, 0.29) is 11.9 Å². The van der Waals surface area contributed by atoms with Gasteiger partial charge in [0.15, 0.2) is 0 Å². The van der Waals surface area contributed by atoms with Crippen molar-refractivity contribution in [1.29, 1.82) is 0 Å². The molecule has 1 atom stereocenters. The molecular weight excluding hydrogens is 284 g/mol. The lowest BCUT2D eigenvalue weighted by molar-refractivity contribution is 0.0939. The predicted molar refractivity (Wildman–Crippen MR) is 84.8 cm³/mol. The maximum absolute atomic E-state index is 12.1. The first-order valence-corrected chi connectivity index (χ1v) is 7.91. The zero-order chi connectivity index (χ0) is 15.2. The molecular formula is C16H20N2O2S. The van der Waals surface area contributed by atoms with Gasteiger partial charge in [0, 0.05) is 17.0 Å². The van der Waals surface area contributed by atoms with E-state index < -0.39 is 0 Å². The minimum Gasteiger partial charge on any atom is -0.487 e. The highest BCUT2D eigenvalue weighted by atomic mass is 32.1. The number of hydrogen-bond donors (Lipinski definition) is 1. The van der Waals surface area contributed by atoms with Crippen LogP contribution in [0.1, 0.15) is 41.3 Å². The quantitative estimate of drug-likeness (QED) is 0.887. The summed E-state index contributed by atoms with van der Waals surface area (Å²) in [7, 11) is 0. The molecule has 21 heavy (non-hydrogen) atoms. The van der Waals surface area contributed by atoms with E-state index in [1.54, 1.807) is 23.5 Å². The number of hydrogen-bond acceptors (Lipinski definition) is 4. The van der Waals surface area contributed by atoms with E-state index in [9.17, 15) is 4.79 Å². The Labute approximate surface area is 129 Å². The largest absolute Gasteiger partial charge is 0.487 e. The number of rotatable bonds is 6. The minimum atomic E-state index is -0.0701. The first kappa shape index (κ1) is 15.5. The smallest absolute Gasteiger partial charge is 0.251 e. The van der Waals surface area contributed by atoms with E-state index in [1.807, 2.05) is 38.3 Å². The van der Waals surface area contributed by atoms with Crippen molar-refractivity contribution in [1.82, 2.24) is 10.3 Å². The molecule has 5 heteroatoms. The van der Waals surface area contributed by atoms with Crippen molar-refractivity contribution in [2.45, 2.75) is 39.8 Å². The van der Waals surface area contributed by atoms with Gasteiger partial charge < -0.3 is 10.1 Å². The Bertz CT molecular complexity index is 610. The van der Waals surface area contributed by atoms with Gasteiger partial charge in [-0.1, -0.05) is 13.0 Å². The highest BCUT2D eigenvalue weighted by molar-refractivity contribution is 7.09. The standard InChI is InChI=1S/C16H20N2O2S/c1-4-11(2)17-16(19)13-6-5-7-15(8-13)20-9-14-10-21-12(3)18-14/h5-8,10-11H,4,9H2,1-3H3,(H,17,19). The average Bonchev–Trinajstić information content (AvgIpc) is 2.91. The van der Waals surface area contributed by atoms with Crippen LogP contribution in [-0.4, -0.2) is 16.9 Å². The summed E-state index contributed by atoms with van der Waals surface area (Å²) in [5, 5.41) is 5.95. The third-order valence-corrected chi connectivity index (χ3v) is 3.96. The van der Waals surface area contributed by atoms with Gasteiger partial charge in [-0.15, -0.1) is 11.3 Å². The van der Waals surface area contributed by atoms with Crippen LogP contribution < -0.4 is 10.1 Å². The summed E-state index contributed by atoms with van der Waals surface area (Å²) in [6.45, 7) is 6.41. The topological polar surface area (TPSA) is 51.2 Å². The molecule has 0 aliphatic rings. The lowest BCUT2D eigenvalue weighted by atomic mass is 10.2. The number of thiazole rings is 1. The van der Waals surface area contributed by atoms with E-state index >= 15 is 0 Å². The van der Waals surface area contributed by atoms with Crippen molar-refractivity contribution < 1.29 is 9.53 Å². The summed E-state index contributed by atoms with van der Waals surface area (Å²) < 4.78 is 5.69. The molecule has 0 saturated carbocycles. The summed E-state index contributed by atoms with van der Waals surface area (Å²) in [6.07, 6.45) is 0.908. The predicted octanol–water partition coefficient (Wildman–Crippen LogP) is 3.56. The van der Waals surface area contributed by atoms with Gasteiger partial charge in [-0.2, -0.15) is 0 Å². The molecule has 0 radical (unpaired) electrons. The molecule has 0 aliphatic heterocycles. The Kier molecular flexibility index (Phi) is 5.33. The molecule has 2 aromatic rings. The second-order valence-electron chi connectivity index (χ2n) is 4.96. The molecule has 1 amide bonds. The number of benzene rings is 1. The van der Waals surface area contributed by atoms with Crippen molar-refractivity contribution in [2.24, 2.45) is 0 Å². The molecule has 1 unspecified atom stereocenters. The molecule has 0 spiro atoms. The third kappa shape index (κ3) is 4.56. The van der Waals surface area contributed by atoms with E-state index in [1.165, 1.54) is 0 Å². The van der Waals surface area contributed by atoms with Crippen LogP contribution in [0.2, 0.25) is 0 Å². The average molecular weight is 304 g/mol. The Hall–Kier alpha value is -1.88. The number of nitrogens with zero attached hydrogens (tertiary/aromatic N) is 1. The van der Waals surface area contributed by atoms with E-state index in [0.29, 0.717) is 17.9 Å². The van der Waals surface area contributed by atoms with Crippen LogP contribution in [0, 0.1) is 6.92 Å². The second kappa shape index (κ2) is 7.22. The van der Waals surface area contributed by atoms with Crippen LogP contribution in [0.25, 0.3) is 0 Å². The van der Waals surface area contributed by atoms with E-state index in [2.05, 4.69) is 10.3 Å². The van der Waals surface area contributed by atoms with Gasteiger partial charge in [0.2, 0.25) is 0 Å². The molecule has 0 bridgehead atoms. The van der Waals surface area contributed by atoms with Crippen molar-refractivity contribution >= 4 is 17.2 Å². The van der Waals surface area contributed by atoms with E-state index in [0.717, 1.165) is 17.1 Å². The Morgan fingerprint density at radius 3 is 2.95 bits per heavy atom. The maximum Gasteiger partial charge on any atom is 0.251 e. The Morgan fingerprint density at radius 1 is 1.48 bits per heavy atom. The van der Waals surface area contributed by atoms with Gasteiger partial charge in [0.05, 0.1) is 10.7 Å². The number of amides is 1. The minimum absolute atomic E-state index is 0.0701. The van der Waals surface area contributed by atoms with Gasteiger partial charge in [0.1, 0.15) is 12.4 Å². The first-order chi connectivity index (χ1) is 10.1. The van der Waals surface area contributed by atoms with Crippen molar-refractivity contribution in [3.8, 4) is 5.75 Å². The Balaban J connectivity index is 1.98. The van der Waals surface area contributed by atoms with Crippen LogP contribution in [-0.2, 0) is 6.61 Å². The van der Waals surface area contributed by atoms with Gasteiger partial charge >= 0.3 is 0 Å². The Morgan fingerprint density at radius 2 is 2.29 bits per heavy atom. The zero-order valence-corrected chi connectivity index (χ0v) is 13.4. The van der Waals surface area contributed by atoms with Crippen LogP contribution >= 0.6 is 11.3 Å². The van der Waals surface area contributed by atoms with Crippen molar-refractivity contribution in [3.05, 3.63) is 45.9 Å². The van der Waals surface area contributed by atoms with Gasteiger partial charge in [-0.25, -0.2) is 4.98 Å². The molecule has 1 N–H and O–H groups in total. The lowest BCUT2D eigenvalue weighted by Gasteiger charge is -2.12. The summed E-state index contributed by atoms with van der Waals surface area (Å²) in [4.78, 5) is 16.4. The van der Waals surface area contributed by atoms with Crippen LogP contribution in [0.3, 0.4) is 0 Å². The van der Waals surface area contributed by atoms with Gasteiger partial charge in [-0.05, 0) is 38.5 Å². The van der Waals surface area contributed by atoms with Crippen LogP contribution in [0.15, 0.2) is 29.6 Å². The SMILES string of the molecule is CCC(C)NC(=O)c1cccc(OCc2csc(C)n2)c1. The third-order valence-electron chi connectivity index (χ3n) is 3.14. The molecule has 4 nitrogen and oxygen atoms in total. The molecule has 0 saturated heterocycles. The number of aromatic nitrogens is 1. The van der Waals surface area contributed by atoms with E-state index in [4.69, 9.17) is 4.74 Å². The second-order valence-corrected chi connectivity index (χ2v) is 6.02.